The zero-order chi connectivity index (χ0) is 19.9. The second-order valence-corrected chi connectivity index (χ2v) is 6.87. The molecule has 1 atom stereocenters. The molecule has 1 aliphatic rings. The van der Waals surface area contributed by atoms with Gasteiger partial charge in [-0.25, -0.2) is 0 Å². The van der Waals surface area contributed by atoms with Gasteiger partial charge in [0.05, 0.1) is 0 Å². The van der Waals surface area contributed by atoms with Crippen LogP contribution in [0.5, 0.6) is 5.75 Å². The minimum atomic E-state index is -0.641. The molecule has 0 aliphatic carbocycles. The summed E-state index contributed by atoms with van der Waals surface area (Å²) in [5.74, 6) is 0.605. The SMILES string of the molecule is N=C(N)c1cccc(OCC(O)CN2CCN(C(=O)c3ccccc3)CC2)c1. The third kappa shape index (κ3) is 5.31. The van der Waals surface area contributed by atoms with Crippen molar-refractivity contribution in [1.82, 2.24) is 9.80 Å². The van der Waals surface area contributed by atoms with Gasteiger partial charge in [0.25, 0.3) is 5.91 Å². The molecule has 148 valence electrons. The van der Waals surface area contributed by atoms with E-state index in [9.17, 15) is 9.90 Å². The van der Waals surface area contributed by atoms with E-state index in [0.717, 1.165) is 13.1 Å². The van der Waals surface area contributed by atoms with Crippen molar-refractivity contribution >= 4 is 11.7 Å². The largest absolute Gasteiger partial charge is 0.491 e. The molecule has 0 aromatic heterocycles. The summed E-state index contributed by atoms with van der Waals surface area (Å²) >= 11 is 0. The first-order valence-corrected chi connectivity index (χ1v) is 9.35. The van der Waals surface area contributed by atoms with Crippen molar-refractivity contribution in [3.63, 3.8) is 0 Å². The molecule has 2 aromatic carbocycles. The summed E-state index contributed by atoms with van der Waals surface area (Å²) in [6.45, 7) is 3.36. The number of carbonyl (C=O) groups excluding carboxylic acids is 1. The topological polar surface area (TPSA) is 103 Å². The maximum absolute atomic E-state index is 12.5. The van der Waals surface area contributed by atoms with E-state index < -0.39 is 6.10 Å². The lowest BCUT2D eigenvalue weighted by atomic mass is 10.2. The van der Waals surface area contributed by atoms with Crippen LogP contribution in [0.4, 0.5) is 0 Å². The minimum absolute atomic E-state index is 0.0195. The van der Waals surface area contributed by atoms with Crippen LogP contribution >= 0.6 is 0 Å². The van der Waals surface area contributed by atoms with Crippen molar-refractivity contribution in [1.29, 1.82) is 5.41 Å². The fourth-order valence-electron chi connectivity index (χ4n) is 3.19. The first kappa shape index (κ1) is 19.9. The lowest BCUT2D eigenvalue weighted by Gasteiger charge is -2.35. The number of carbonyl (C=O) groups is 1. The van der Waals surface area contributed by atoms with Crippen LogP contribution in [-0.2, 0) is 0 Å². The van der Waals surface area contributed by atoms with Crippen molar-refractivity contribution in [3.05, 3.63) is 65.7 Å². The Labute approximate surface area is 164 Å². The molecule has 1 heterocycles. The number of rotatable bonds is 7. The zero-order valence-corrected chi connectivity index (χ0v) is 15.8. The van der Waals surface area contributed by atoms with Crippen LogP contribution in [0, 0.1) is 5.41 Å². The van der Waals surface area contributed by atoms with Gasteiger partial charge in [-0.15, -0.1) is 0 Å². The number of benzene rings is 2. The van der Waals surface area contributed by atoms with Crippen LogP contribution in [-0.4, -0.2) is 72.1 Å². The molecule has 7 nitrogen and oxygen atoms in total. The van der Waals surface area contributed by atoms with E-state index in [-0.39, 0.29) is 18.3 Å². The minimum Gasteiger partial charge on any atom is -0.491 e. The molecule has 7 heteroatoms. The predicted molar refractivity (Wildman–Crippen MR) is 108 cm³/mol. The van der Waals surface area contributed by atoms with Crippen LogP contribution < -0.4 is 10.5 Å². The molecule has 0 spiro atoms. The molecule has 1 unspecified atom stereocenters. The van der Waals surface area contributed by atoms with E-state index in [1.54, 1.807) is 24.3 Å². The number of nitrogens with two attached hydrogens (primary N) is 1. The third-order valence-electron chi connectivity index (χ3n) is 4.74. The van der Waals surface area contributed by atoms with Crippen LogP contribution in [0.3, 0.4) is 0 Å². The highest BCUT2D eigenvalue weighted by Gasteiger charge is 2.23. The molecule has 0 radical (unpaired) electrons. The fourth-order valence-corrected chi connectivity index (χ4v) is 3.19. The first-order valence-electron chi connectivity index (χ1n) is 9.35. The van der Waals surface area contributed by atoms with Crippen LogP contribution in [0.15, 0.2) is 54.6 Å². The number of aliphatic hydroxyl groups excluding tert-OH is 1. The van der Waals surface area contributed by atoms with Gasteiger partial charge < -0.3 is 20.5 Å². The van der Waals surface area contributed by atoms with Gasteiger partial charge in [-0.2, -0.15) is 0 Å². The number of piperazine rings is 1. The molecule has 4 N–H and O–H groups in total. The Morgan fingerprint density at radius 1 is 1.07 bits per heavy atom. The number of aliphatic hydroxyl groups is 1. The van der Waals surface area contributed by atoms with Crippen molar-refractivity contribution < 1.29 is 14.6 Å². The molecule has 1 saturated heterocycles. The molecule has 1 amide bonds. The number of hydrogen-bond acceptors (Lipinski definition) is 5. The third-order valence-corrected chi connectivity index (χ3v) is 4.74. The Hall–Kier alpha value is -2.90. The van der Waals surface area contributed by atoms with Gasteiger partial charge in [-0.05, 0) is 24.3 Å². The molecule has 28 heavy (non-hydrogen) atoms. The lowest BCUT2D eigenvalue weighted by Crippen LogP contribution is -2.50. The Kier molecular flexibility index (Phi) is 6.62. The van der Waals surface area contributed by atoms with Crippen molar-refractivity contribution in [2.24, 2.45) is 5.73 Å². The Bertz CT molecular complexity index is 804. The molecular weight excluding hydrogens is 356 g/mol. The molecule has 3 rings (SSSR count). The summed E-state index contributed by atoms with van der Waals surface area (Å²) in [4.78, 5) is 16.5. The summed E-state index contributed by atoms with van der Waals surface area (Å²) < 4.78 is 5.62. The van der Waals surface area contributed by atoms with E-state index in [0.29, 0.717) is 36.5 Å². The smallest absolute Gasteiger partial charge is 0.253 e. The van der Waals surface area contributed by atoms with Gasteiger partial charge in [0.2, 0.25) is 0 Å². The second kappa shape index (κ2) is 9.34. The summed E-state index contributed by atoms with van der Waals surface area (Å²) in [5, 5.41) is 17.7. The van der Waals surface area contributed by atoms with Crippen LogP contribution in [0.2, 0.25) is 0 Å². The summed E-state index contributed by atoms with van der Waals surface area (Å²) in [5.41, 5.74) is 6.77. The molecular formula is C21H26N4O3. The monoisotopic (exact) mass is 382 g/mol. The second-order valence-electron chi connectivity index (χ2n) is 6.87. The van der Waals surface area contributed by atoms with Gasteiger partial charge >= 0.3 is 0 Å². The highest BCUT2D eigenvalue weighted by molar-refractivity contribution is 5.95. The summed E-state index contributed by atoms with van der Waals surface area (Å²) in [6, 6.07) is 16.2. The maximum atomic E-state index is 12.5. The van der Waals surface area contributed by atoms with Gasteiger partial charge in [0.1, 0.15) is 24.3 Å². The number of nitrogen functional groups attached to an aromatic ring is 1. The predicted octanol–water partition coefficient (Wildman–Crippen LogP) is 1.17. The molecule has 0 saturated carbocycles. The van der Waals surface area contributed by atoms with Gasteiger partial charge in [-0.3, -0.25) is 15.1 Å². The molecule has 1 aliphatic heterocycles. The average molecular weight is 382 g/mol. The fraction of sp³-hybridized carbons (Fsp3) is 0.333. The van der Waals surface area contributed by atoms with Crippen LogP contribution in [0.1, 0.15) is 15.9 Å². The number of β-amino-alcohol motifs (C(OH)–C–C–N with tert-alkyl or cyclic N) is 1. The van der Waals surface area contributed by atoms with Crippen molar-refractivity contribution in [2.75, 3.05) is 39.3 Å². The number of amides is 1. The van der Waals surface area contributed by atoms with Gasteiger partial charge in [0.15, 0.2) is 0 Å². The van der Waals surface area contributed by atoms with Gasteiger partial charge in [0, 0.05) is 43.9 Å². The molecule has 1 fully saturated rings. The van der Waals surface area contributed by atoms with E-state index in [4.69, 9.17) is 15.9 Å². The van der Waals surface area contributed by atoms with E-state index >= 15 is 0 Å². The van der Waals surface area contributed by atoms with Crippen LogP contribution in [0.25, 0.3) is 0 Å². The number of ether oxygens (including phenoxy) is 1. The Morgan fingerprint density at radius 3 is 2.43 bits per heavy atom. The zero-order valence-electron chi connectivity index (χ0n) is 15.8. The summed E-state index contributed by atoms with van der Waals surface area (Å²) in [6.07, 6.45) is -0.641. The standard InChI is InChI=1S/C21H26N4O3/c22-20(23)17-7-4-8-19(13-17)28-15-18(26)14-24-9-11-25(12-10-24)21(27)16-5-2-1-3-6-16/h1-8,13,18,26H,9-12,14-15H2,(H3,22,23). The average Bonchev–Trinajstić information content (AvgIpc) is 2.73. The van der Waals surface area contributed by atoms with E-state index in [1.165, 1.54) is 0 Å². The van der Waals surface area contributed by atoms with Crippen molar-refractivity contribution in [3.8, 4) is 5.75 Å². The molecule has 2 aromatic rings. The normalized spacial score (nSPS) is 15.8. The van der Waals surface area contributed by atoms with Crippen molar-refractivity contribution in [2.45, 2.75) is 6.10 Å². The Morgan fingerprint density at radius 2 is 1.75 bits per heavy atom. The number of amidine groups is 1. The van der Waals surface area contributed by atoms with Gasteiger partial charge in [-0.1, -0.05) is 30.3 Å². The van der Waals surface area contributed by atoms with E-state index in [1.807, 2.05) is 35.2 Å². The number of nitrogens with zero attached hydrogens (tertiary/aromatic N) is 2. The Balaban J connectivity index is 1.42. The lowest BCUT2D eigenvalue weighted by molar-refractivity contribution is 0.0403. The highest BCUT2D eigenvalue weighted by atomic mass is 16.5. The number of hydrogen-bond donors (Lipinski definition) is 3. The summed E-state index contributed by atoms with van der Waals surface area (Å²) in [7, 11) is 0. The highest BCUT2D eigenvalue weighted by Crippen LogP contribution is 2.14. The quantitative estimate of drug-likeness (QED) is 0.493. The van der Waals surface area contributed by atoms with E-state index in [2.05, 4.69) is 4.90 Å². The molecule has 0 bridgehead atoms. The number of nitrogens with one attached hydrogen (secondary N) is 1. The maximum Gasteiger partial charge on any atom is 0.253 e. The first-order chi connectivity index (χ1) is 13.5.